The Hall–Kier alpha value is -1.11. The molecule has 7 heteroatoms. The quantitative estimate of drug-likeness (QED) is 0.871. The second kappa shape index (κ2) is 7.06. The maximum Gasteiger partial charge on any atom is 0.241 e. The summed E-state index contributed by atoms with van der Waals surface area (Å²) in [5.74, 6) is -0.243. The Morgan fingerprint density at radius 1 is 1.25 bits per heavy atom. The van der Waals surface area contributed by atoms with Crippen molar-refractivity contribution in [3.05, 3.63) is 29.3 Å². The van der Waals surface area contributed by atoms with Gasteiger partial charge in [-0.3, -0.25) is 4.79 Å². The molecule has 1 unspecified atom stereocenters. The first-order valence-electron chi connectivity index (χ1n) is 6.38. The Labute approximate surface area is 125 Å². The Morgan fingerprint density at radius 3 is 2.20 bits per heavy atom. The van der Waals surface area contributed by atoms with Gasteiger partial charge in [-0.25, -0.2) is 8.42 Å². The number of hydrogen-bond donors (Lipinski definition) is 1. The summed E-state index contributed by atoms with van der Waals surface area (Å²) in [6, 6.07) is 4.98. The van der Waals surface area contributed by atoms with Crippen LogP contribution >= 0.6 is 11.6 Å². The van der Waals surface area contributed by atoms with Gasteiger partial charge in [-0.15, -0.1) is 0 Å². The van der Waals surface area contributed by atoms with E-state index in [0.29, 0.717) is 18.1 Å². The first kappa shape index (κ1) is 16.9. The van der Waals surface area contributed by atoms with Gasteiger partial charge in [0, 0.05) is 18.1 Å². The maximum absolute atomic E-state index is 12.1. The highest BCUT2D eigenvalue weighted by Gasteiger charge is 2.24. The molecule has 1 aromatic rings. The Morgan fingerprint density at radius 2 is 1.75 bits per heavy atom. The zero-order valence-corrected chi connectivity index (χ0v) is 13.3. The summed E-state index contributed by atoms with van der Waals surface area (Å²) >= 11 is 5.72. The number of amides is 1. The monoisotopic (exact) mass is 318 g/mol. The van der Waals surface area contributed by atoms with Gasteiger partial charge < -0.3 is 4.90 Å². The Bertz CT molecular complexity index is 553. The highest BCUT2D eigenvalue weighted by atomic mass is 35.5. The highest BCUT2D eigenvalue weighted by Crippen LogP contribution is 2.14. The van der Waals surface area contributed by atoms with Gasteiger partial charge in [-0.1, -0.05) is 11.6 Å². The van der Waals surface area contributed by atoms with Gasteiger partial charge in [0.15, 0.2) is 0 Å². The molecule has 0 saturated heterocycles. The molecule has 112 valence electrons. The van der Waals surface area contributed by atoms with Gasteiger partial charge >= 0.3 is 0 Å². The van der Waals surface area contributed by atoms with E-state index >= 15 is 0 Å². The van der Waals surface area contributed by atoms with Gasteiger partial charge in [-0.2, -0.15) is 4.72 Å². The van der Waals surface area contributed by atoms with Gasteiger partial charge in [0.2, 0.25) is 15.9 Å². The van der Waals surface area contributed by atoms with Crippen LogP contribution in [0.4, 0.5) is 0 Å². The van der Waals surface area contributed by atoms with Crippen LogP contribution in [0.1, 0.15) is 20.8 Å². The number of rotatable bonds is 6. The molecule has 0 saturated carbocycles. The first-order valence-corrected chi connectivity index (χ1v) is 8.24. The van der Waals surface area contributed by atoms with E-state index in [9.17, 15) is 13.2 Å². The Kier molecular flexibility index (Phi) is 5.98. The number of likely N-dealkylation sites (N-methyl/N-ethyl adjacent to an activating group) is 1. The number of nitrogens with zero attached hydrogens (tertiary/aromatic N) is 1. The summed E-state index contributed by atoms with van der Waals surface area (Å²) < 4.78 is 26.6. The zero-order chi connectivity index (χ0) is 15.3. The summed E-state index contributed by atoms with van der Waals surface area (Å²) in [6.07, 6.45) is 0. The molecule has 1 N–H and O–H groups in total. The molecule has 0 aliphatic carbocycles. The van der Waals surface area contributed by atoms with E-state index in [4.69, 9.17) is 11.6 Å². The molecule has 1 amide bonds. The minimum atomic E-state index is -3.73. The van der Waals surface area contributed by atoms with Crippen molar-refractivity contribution in [2.75, 3.05) is 13.1 Å². The lowest BCUT2D eigenvalue weighted by Crippen LogP contribution is -2.46. The topological polar surface area (TPSA) is 66.5 Å². The minimum absolute atomic E-state index is 0.0843. The predicted molar refractivity (Wildman–Crippen MR) is 79.2 cm³/mol. The SMILES string of the molecule is CCN(CC)C(=O)C(C)NS(=O)(=O)c1ccc(Cl)cc1. The summed E-state index contributed by atoms with van der Waals surface area (Å²) in [5.41, 5.74) is 0. The molecule has 0 radical (unpaired) electrons. The summed E-state index contributed by atoms with van der Waals surface area (Å²) in [7, 11) is -3.73. The standard InChI is InChI=1S/C13H19ClN2O3S/c1-4-16(5-2)13(17)10(3)15-20(18,19)12-8-6-11(14)7-9-12/h6-10,15H,4-5H2,1-3H3. The van der Waals surface area contributed by atoms with Crippen molar-refractivity contribution in [1.29, 1.82) is 0 Å². The molecule has 1 rings (SSSR count). The van der Waals surface area contributed by atoms with Gasteiger partial charge in [-0.05, 0) is 45.0 Å². The molecule has 1 atom stereocenters. The number of halogens is 1. The Balaban J connectivity index is 2.85. The second-order valence-corrected chi connectivity index (χ2v) is 6.46. The van der Waals surface area contributed by atoms with Crippen LogP contribution in [0.5, 0.6) is 0 Å². The number of nitrogens with one attached hydrogen (secondary N) is 1. The molecule has 0 aliphatic heterocycles. The number of carbonyl (C=O) groups excluding carboxylic acids is 1. The maximum atomic E-state index is 12.1. The van der Waals surface area contributed by atoms with Crippen molar-refractivity contribution in [2.24, 2.45) is 0 Å². The lowest BCUT2D eigenvalue weighted by molar-refractivity contribution is -0.132. The number of carbonyl (C=O) groups is 1. The lowest BCUT2D eigenvalue weighted by atomic mass is 10.3. The summed E-state index contributed by atoms with van der Waals surface area (Å²) in [5, 5.41) is 0.455. The largest absolute Gasteiger partial charge is 0.342 e. The zero-order valence-electron chi connectivity index (χ0n) is 11.8. The number of sulfonamides is 1. The highest BCUT2D eigenvalue weighted by molar-refractivity contribution is 7.89. The van der Waals surface area contributed by atoms with Gasteiger partial charge in [0.25, 0.3) is 0 Å². The van der Waals surface area contributed by atoms with E-state index in [1.54, 1.807) is 4.90 Å². The third-order valence-electron chi connectivity index (χ3n) is 2.90. The van der Waals surface area contributed by atoms with Crippen LogP contribution in [0.25, 0.3) is 0 Å². The number of hydrogen-bond acceptors (Lipinski definition) is 3. The molecule has 5 nitrogen and oxygen atoms in total. The fraction of sp³-hybridized carbons (Fsp3) is 0.462. The van der Waals surface area contributed by atoms with Crippen LogP contribution < -0.4 is 4.72 Å². The fourth-order valence-corrected chi connectivity index (χ4v) is 3.10. The number of benzene rings is 1. The van der Waals surface area contributed by atoms with Crippen LogP contribution in [0.15, 0.2) is 29.2 Å². The van der Waals surface area contributed by atoms with E-state index in [0.717, 1.165) is 0 Å². The van der Waals surface area contributed by atoms with Gasteiger partial charge in [0.05, 0.1) is 10.9 Å². The minimum Gasteiger partial charge on any atom is -0.342 e. The molecular weight excluding hydrogens is 300 g/mol. The predicted octanol–water partition coefficient (Wildman–Crippen LogP) is 1.88. The normalized spacial score (nSPS) is 13.0. The van der Waals surface area contributed by atoms with Crippen molar-refractivity contribution in [3.8, 4) is 0 Å². The molecule has 20 heavy (non-hydrogen) atoms. The van der Waals surface area contributed by atoms with Gasteiger partial charge in [0.1, 0.15) is 0 Å². The summed E-state index contributed by atoms with van der Waals surface area (Å²) in [6.45, 7) is 6.32. The third-order valence-corrected chi connectivity index (χ3v) is 4.71. The molecule has 0 heterocycles. The molecule has 0 aromatic heterocycles. The van der Waals surface area contributed by atoms with Crippen molar-refractivity contribution < 1.29 is 13.2 Å². The van der Waals surface area contributed by atoms with Crippen molar-refractivity contribution in [2.45, 2.75) is 31.7 Å². The van der Waals surface area contributed by atoms with Crippen molar-refractivity contribution >= 4 is 27.5 Å². The van der Waals surface area contributed by atoms with E-state index in [1.165, 1.54) is 31.2 Å². The van der Waals surface area contributed by atoms with E-state index in [-0.39, 0.29) is 10.8 Å². The fourth-order valence-electron chi connectivity index (χ4n) is 1.77. The smallest absolute Gasteiger partial charge is 0.241 e. The average molecular weight is 319 g/mol. The lowest BCUT2D eigenvalue weighted by Gasteiger charge is -2.23. The van der Waals surface area contributed by atoms with Crippen LogP contribution in [-0.4, -0.2) is 38.4 Å². The molecule has 0 fully saturated rings. The van der Waals surface area contributed by atoms with E-state index in [1.807, 2.05) is 13.8 Å². The molecule has 0 bridgehead atoms. The molecule has 0 aliphatic rings. The third kappa shape index (κ3) is 4.19. The van der Waals surface area contributed by atoms with Crippen molar-refractivity contribution in [3.63, 3.8) is 0 Å². The van der Waals surface area contributed by atoms with Crippen LogP contribution in [-0.2, 0) is 14.8 Å². The molecule has 0 spiro atoms. The van der Waals surface area contributed by atoms with E-state index in [2.05, 4.69) is 4.72 Å². The first-order chi connectivity index (χ1) is 9.31. The van der Waals surface area contributed by atoms with Crippen molar-refractivity contribution in [1.82, 2.24) is 9.62 Å². The average Bonchev–Trinajstić information content (AvgIpc) is 2.40. The van der Waals surface area contributed by atoms with Crippen LogP contribution in [0.2, 0.25) is 5.02 Å². The summed E-state index contributed by atoms with van der Waals surface area (Å²) in [4.78, 5) is 13.7. The second-order valence-electron chi connectivity index (χ2n) is 4.31. The molecular formula is C13H19ClN2O3S. The van der Waals surface area contributed by atoms with Crippen LogP contribution in [0, 0.1) is 0 Å². The van der Waals surface area contributed by atoms with E-state index < -0.39 is 16.1 Å². The molecule has 1 aromatic carbocycles. The van der Waals surface area contributed by atoms with Crippen LogP contribution in [0.3, 0.4) is 0 Å².